The van der Waals surface area contributed by atoms with Gasteiger partial charge in [0.1, 0.15) is 21.2 Å². The summed E-state index contributed by atoms with van der Waals surface area (Å²) >= 11 is 6.79. The van der Waals surface area contributed by atoms with Crippen molar-refractivity contribution < 1.29 is 28.0 Å². The fourth-order valence-electron chi connectivity index (χ4n) is 3.30. The highest BCUT2D eigenvalue weighted by atomic mass is 35.5. The van der Waals surface area contributed by atoms with Gasteiger partial charge in [0.2, 0.25) is 0 Å². The fourth-order valence-corrected chi connectivity index (χ4v) is 4.59. The number of pyridine rings is 1. The second-order valence-corrected chi connectivity index (χ2v) is 8.76. The van der Waals surface area contributed by atoms with Crippen LogP contribution in [0.5, 0.6) is 5.75 Å². The number of hydrogen-bond donors (Lipinski definition) is 2. The Kier molecular flexibility index (Phi) is 6.81. The van der Waals surface area contributed by atoms with Gasteiger partial charge < -0.3 is 15.8 Å². The van der Waals surface area contributed by atoms with Gasteiger partial charge >= 0.3 is 0 Å². The van der Waals surface area contributed by atoms with E-state index in [1.165, 1.54) is 35.1 Å². The summed E-state index contributed by atoms with van der Waals surface area (Å²) in [4.78, 5) is 39.0. The molecule has 3 aromatic heterocycles. The second-order valence-electron chi connectivity index (χ2n) is 7.36. The highest BCUT2D eigenvalue weighted by molar-refractivity contribution is 7.21. The number of thiophene rings is 1. The molecule has 0 fully saturated rings. The smallest absolute Gasteiger partial charge is 0.280 e. The maximum Gasteiger partial charge on any atom is 0.280 e. The maximum absolute atomic E-state index is 13.1. The van der Waals surface area contributed by atoms with E-state index in [0.29, 0.717) is 10.9 Å². The van der Waals surface area contributed by atoms with Crippen molar-refractivity contribution in [3.05, 3.63) is 73.5 Å². The van der Waals surface area contributed by atoms with Gasteiger partial charge in [-0.05, 0) is 30.7 Å². The van der Waals surface area contributed by atoms with Crippen LogP contribution in [0.4, 0.5) is 20.2 Å². The van der Waals surface area contributed by atoms with Gasteiger partial charge in [0.15, 0.2) is 12.4 Å². The van der Waals surface area contributed by atoms with Crippen LogP contribution in [0.25, 0.3) is 10.2 Å². The zero-order valence-corrected chi connectivity index (χ0v) is 19.8. The van der Waals surface area contributed by atoms with Gasteiger partial charge in [0, 0.05) is 23.7 Å². The molecule has 0 atom stereocenters. The van der Waals surface area contributed by atoms with E-state index in [9.17, 15) is 28.5 Å². The van der Waals surface area contributed by atoms with Gasteiger partial charge in [0.25, 0.3) is 23.9 Å². The first-order chi connectivity index (χ1) is 17.0. The quantitative estimate of drug-likeness (QED) is 0.244. The molecule has 36 heavy (non-hydrogen) atoms. The Morgan fingerprint density at radius 1 is 1.33 bits per heavy atom. The Morgan fingerprint density at radius 2 is 2.08 bits per heavy atom. The number of primary amides is 1. The standard InChI is InChI=1S/C21H15ClF2N6O5S/c1-9-6-13(18(23)24)26-21-15(9)16(17(36-21)19(25)31)27-20(32)12-4-5-29(28-12)8-35-14-3-2-10(30(33)34)7-11(14)22/h2-7,18H,8H2,1H3,(H2,25,31)(H,27,32). The van der Waals surface area contributed by atoms with Crippen molar-refractivity contribution in [2.45, 2.75) is 20.1 Å². The molecule has 1 aromatic carbocycles. The van der Waals surface area contributed by atoms with Crippen molar-refractivity contribution in [2.24, 2.45) is 5.73 Å². The molecule has 11 nitrogen and oxygen atoms in total. The number of non-ortho nitro benzene ring substituents is 1. The zero-order chi connectivity index (χ0) is 26.1. The topological polar surface area (TPSA) is 155 Å². The van der Waals surface area contributed by atoms with Crippen LogP contribution in [0.1, 0.15) is 37.8 Å². The number of amides is 2. The number of benzene rings is 1. The van der Waals surface area contributed by atoms with Gasteiger partial charge in [0.05, 0.1) is 15.6 Å². The average molecular weight is 537 g/mol. The normalized spacial score (nSPS) is 11.1. The summed E-state index contributed by atoms with van der Waals surface area (Å²) in [5, 5.41) is 17.8. The zero-order valence-electron chi connectivity index (χ0n) is 18.2. The number of carbonyl (C=O) groups is 2. The highest BCUT2D eigenvalue weighted by Crippen LogP contribution is 2.38. The summed E-state index contributed by atoms with van der Waals surface area (Å²) in [6.07, 6.45) is -1.37. The van der Waals surface area contributed by atoms with E-state index in [-0.39, 0.29) is 44.3 Å². The SMILES string of the molecule is Cc1cc(C(F)F)nc2sc(C(N)=O)c(NC(=O)c3ccn(COc4ccc([N+](=O)[O-])cc4Cl)n3)c12. The first-order valence-corrected chi connectivity index (χ1v) is 11.2. The number of aryl methyl sites for hydroxylation is 1. The van der Waals surface area contributed by atoms with Gasteiger partial charge in [-0.15, -0.1) is 11.3 Å². The van der Waals surface area contributed by atoms with E-state index in [1.54, 1.807) is 6.92 Å². The summed E-state index contributed by atoms with van der Waals surface area (Å²) in [5.41, 5.74) is 5.18. The molecule has 0 saturated heterocycles. The maximum atomic E-state index is 13.1. The minimum atomic E-state index is -2.81. The Morgan fingerprint density at radius 3 is 2.72 bits per heavy atom. The molecule has 0 saturated carbocycles. The van der Waals surface area contributed by atoms with Crippen molar-refractivity contribution >= 4 is 56.3 Å². The molecule has 0 aliphatic rings. The molecule has 15 heteroatoms. The van der Waals surface area contributed by atoms with Crippen LogP contribution in [0, 0.1) is 17.0 Å². The van der Waals surface area contributed by atoms with Crippen LogP contribution in [0.3, 0.4) is 0 Å². The number of ether oxygens (including phenoxy) is 1. The Labute approximate surface area is 209 Å². The molecule has 0 aliphatic carbocycles. The minimum Gasteiger partial charge on any atom is -0.470 e. The molecular weight excluding hydrogens is 522 g/mol. The predicted octanol–water partition coefficient (Wildman–Crippen LogP) is 4.69. The van der Waals surface area contributed by atoms with Crippen LogP contribution < -0.4 is 15.8 Å². The average Bonchev–Trinajstić information content (AvgIpc) is 3.43. The van der Waals surface area contributed by atoms with Crippen molar-refractivity contribution in [1.29, 1.82) is 0 Å². The largest absolute Gasteiger partial charge is 0.470 e. The molecule has 0 aliphatic heterocycles. The van der Waals surface area contributed by atoms with Crippen molar-refractivity contribution in [3.8, 4) is 5.75 Å². The lowest BCUT2D eigenvalue weighted by Crippen LogP contribution is -2.18. The van der Waals surface area contributed by atoms with E-state index in [1.807, 2.05) is 0 Å². The third kappa shape index (κ3) is 4.94. The molecule has 0 radical (unpaired) electrons. The predicted molar refractivity (Wildman–Crippen MR) is 127 cm³/mol. The van der Waals surface area contributed by atoms with Crippen LogP contribution in [-0.2, 0) is 6.73 Å². The number of rotatable bonds is 8. The number of nitro benzene ring substituents is 1. The molecule has 0 spiro atoms. The van der Waals surface area contributed by atoms with Gasteiger partial charge in [-0.1, -0.05) is 11.6 Å². The molecule has 2 amide bonds. The number of nitrogens with one attached hydrogen (secondary N) is 1. The number of nitrogens with zero attached hydrogens (tertiary/aromatic N) is 4. The van der Waals surface area contributed by atoms with E-state index in [4.69, 9.17) is 22.1 Å². The number of nitrogens with two attached hydrogens (primary N) is 1. The lowest BCUT2D eigenvalue weighted by atomic mass is 10.1. The molecule has 3 N–H and O–H groups in total. The van der Waals surface area contributed by atoms with E-state index < -0.39 is 28.9 Å². The number of halogens is 3. The number of nitro groups is 1. The summed E-state index contributed by atoms with van der Waals surface area (Å²) in [6.45, 7) is 1.39. The van der Waals surface area contributed by atoms with Crippen LogP contribution in [0.15, 0.2) is 36.5 Å². The third-order valence-electron chi connectivity index (χ3n) is 4.92. The monoisotopic (exact) mass is 536 g/mol. The molecule has 0 bridgehead atoms. The van der Waals surface area contributed by atoms with Gasteiger partial charge in [-0.2, -0.15) is 5.10 Å². The lowest BCUT2D eigenvalue weighted by molar-refractivity contribution is -0.384. The van der Waals surface area contributed by atoms with Crippen molar-refractivity contribution in [2.75, 3.05) is 5.32 Å². The first kappa shape index (κ1) is 24.9. The number of anilines is 1. The summed E-state index contributed by atoms with van der Waals surface area (Å²) < 4.78 is 33.1. The van der Waals surface area contributed by atoms with E-state index in [2.05, 4.69) is 15.4 Å². The number of aromatic nitrogens is 3. The van der Waals surface area contributed by atoms with Crippen molar-refractivity contribution in [3.63, 3.8) is 0 Å². The Bertz CT molecular complexity index is 1520. The highest BCUT2D eigenvalue weighted by Gasteiger charge is 2.24. The van der Waals surface area contributed by atoms with Crippen LogP contribution in [0.2, 0.25) is 5.02 Å². The van der Waals surface area contributed by atoms with Gasteiger partial charge in [-0.25, -0.2) is 18.4 Å². The summed E-state index contributed by atoms with van der Waals surface area (Å²) in [7, 11) is 0. The lowest BCUT2D eigenvalue weighted by Gasteiger charge is -2.08. The van der Waals surface area contributed by atoms with E-state index in [0.717, 1.165) is 17.4 Å². The van der Waals surface area contributed by atoms with Crippen molar-refractivity contribution in [1.82, 2.24) is 14.8 Å². The molecular formula is C21H15ClF2N6O5S. The molecule has 3 heterocycles. The number of fused-ring (bicyclic) bond motifs is 1. The minimum absolute atomic E-state index is 0.0246. The fraction of sp³-hybridized carbons (Fsp3) is 0.143. The number of alkyl halides is 2. The Hall–Kier alpha value is -4.17. The molecule has 0 unspecified atom stereocenters. The molecule has 4 aromatic rings. The second kappa shape index (κ2) is 9.83. The van der Waals surface area contributed by atoms with Gasteiger partial charge in [-0.3, -0.25) is 19.7 Å². The molecule has 186 valence electrons. The number of hydrogen-bond acceptors (Lipinski definition) is 8. The first-order valence-electron chi connectivity index (χ1n) is 9.98. The summed E-state index contributed by atoms with van der Waals surface area (Å²) in [6, 6.07) is 6.26. The van der Waals surface area contributed by atoms with Crippen LogP contribution in [-0.4, -0.2) is 31.5 Å². The van der Waals surface area contributed by atoms with Crippen LogP contribution >= 0.6 is 22.9 Å². The summed E-state index contributed by atoms with van der Waals surface area (Å²) in [5.74, 6) is -1.38. The molecule has 4 rings (SSSR count). The van der Waals surface area contributed by atoms with E-state index >= 15 is 0 Å². The number of carbonyl (C=O) groups excluding carboxylic acids is 2. The third-order valence-corrected chi connectivity index (χ3v) is 6.31. The Balaban J connectivity index is 1.54.